The van der Waals surface area contributed by atoms with E-state index in [0.717, 1.165) is 27.2 Å². The van der Waals surface area contributed by atoms with Crippen LogP contribution in [0.4, 0.5) is 11.4 Å². The number of nitrogens with one attached hydrogen (secondary N) is 1. The Balaban J connectivity index is 2.28. The highest BCUT2D eigenvalue weighted by atomic mass is 79.9. The summed E-state index contributed by atoms with van der Waals surface area (Å²) >= 11 is 3.40. The van der Waals surface area contributed by atoms with E-state index in [2.05, 4.69) is 21.2 Å². The van der Waals surface area contributed by atoms with Crippen molar-refractivity contribution in [3.05, 3.63) is 52.0 Å². The van der Waals surface area contributed by atoms with E-state index in [1.165, 1.54) is 0 Å². The van der Waals surface area contributed by atoms with E-state index < -0.39 is 5.97 Å². The number of ether oxygens (including phenoxy) is 1. The number of carbonyl (C=O) groups is 1. The molecule has 0 amide bonds. The second kappa shape index (κ2) is 5.96. The van der Waals surface area contributed by atoms with E-state index in [0.29, 0.717) is 0 Å². The van der Waals surface area contributed by atoms with Crippen molar-refractivity contribution >= 4 is 33.3 Å². The van der Waals surface area contributed by atoms with Crippen molar-refractivity contribution in [1.82, 2.24) is 0 Å². The van der Waals surface area contributed by atoms with Crippen LogP contribution in [-0.4, -0.2) is 18.2 Å². The fourth-order valence-corrected chi connectivity index (χ4v) is 2.24. The van der Waals surface area contributed by atoms with Crippen molar-refractivity contribution in [3.63, 3.8) is 0 Å². The van der Waals surface area contributed by atoms with E-state index in [-0.39, 0.29) is 5.56 Å². The summed E-state index contributed by atoms with van der Waals surface area (Å²) in [6, 6.07) is 10.6. The predicted octanol–water partition coefficient (Wildman–Crippen LogP) is 4.21. The van der Waals surface area contributed by atoms with Crippen molar-refractivity contribution in [2.45, 2.75) is 6.92 Å². The van der Waals surface area contributed by atoms with Gasteiger partial charge in [0.05, 0.1) is 17.1 Å². The molecule has 0 aromatic heterocycles. The average molecular weight is 336 g/mol. The Morgan fingerprint density at radius 3 is 2.60 bits per heavy atom. The molecule has 0 saturated carbocycles. The van der Waals surface area contributed by atoms with E-state index in [4.69, 9.17) is 9.84 Å². The number of aromatic carboxylic acids is 1. The van der Waals surface area contributed by atoms with Crippen LogP contribution in [0.25, 0.3) is 0 Å². The second-order valence-corrected chi connectivity index (χ2v) is 5.16. The molecule has 0 aliphatic carbocycles. The summed E-state index contributed by atoms with van der Waals surface area (Å²) in [6.07, 6.45) is 0. The molecule has 0 unspecified atom stereocenters. The van der Waals surface area contributed by atoms with Crippen LogP contribution >= 0.6 is 15.9 Å². The van der Waals surface area contributed by atoms with Crippen molar-refractivity contribution in [1.29, 1.82) is 0 Å². The number of anilines is 2. The van der Waals surface area contributed by atoms with E-state index in [1.54, 1.807) is 25.3 Å². The summed E-state index contributed by atoms with van der Waals surface area (Å²) in [6.45, 7) is 1.87. The van der Waals surface area contributed by atoms with Gasteiger partial charge in [-0.2, -0.15) is 0 Å². The Hall–Kier alpha value is -2.01. The standard InChI is InChI=1S/C15H14BrNO3/c1-9-7-10(15(18)19)3-6-13(9)17-11-4-5-12(16)14(8-11)20-2/h3-8,17H,1-2H3,(H,18,19). The fourth-order valence-electron chi connectivity index (χ4n) is 1.83. The van der Waals surface area contributed by atoms with Gasteiger partial charge in [-0.1, -0.05) is 0 Å². The maximum Gasteiger partial charge on any atom is 0.335 e. The Labute approximate surface area is 125 Å². The number of aryl methyl sites for hydroxylation is 1. The van der Waals surface area contributed by atoms with E-state index in [9.17, 15) is 4.79 Å². The molecular formula is C15H14BrNO3. The molecule has 0 bridgehead atoms. The minimum absolute atomic E-state index is 0.279. The number of halogens is 1. The maximum absolute atomic E-state index is 10.9. The molecule has 0 fully saturated rings. The zero-order chi connectivity index (χ0) is 14.7. The quantitative estimate of drug-likeness (QED) is 0.878. The van der Waals surface area contributed by atoms with Gasteiger partial charge in [-0.15, -0.1) is 0 Å². The van der Waals surface area contributed by atoms with Gasteiger partial charge in [-0.25, -0.2) is 4.79 Å². The predicted molar refractivity (Wildman–Crippen MR) is 82.1 cm³/mol. The van der Waals surface area contributed by atoms with E-state index in [1.807, 2.05) is 25.1 Å². The largest absolute Gasteiger partial charge is 0.495 e. The number of rotatable bonds is 4. The molecule has 20 heavy (non-hydrogen) atoms. The minimum atomic E-state index is -0.926. The van der Waals surface area contributed by atoms with Gasteiger partial charge in [0.15, 0.2) is 0 Å². The summed E-state index contributed by atoms with van der Waals surface area (Å²) in [5.41, 5.74) is 2.88. The van der Waals surface area contributed by atoms with Gasteiger partial charge in [-0.3, -0.25) is 0 Å². The number of carboxylic acids is 1. The molecule has 4 nitrogen and oxygen atoms in total. The maximum atomic E-state index is 10.9. The highest BCUT2D eigenvalue weighted by Gasteiger charge is 2.07. The molecule has 0 aliphatic rings. The Kier molecular flexibility index (Phi) is 4.29. The molecule has 0 spiro atoms. The number of carboxylic acid groups (broad SMARTS) is 1. The Bertz CT molecular complexity index is 656. The summed E-state index contributed by atoms with van der Waals surface area (Å²) in [5.74, 6) is -0.195. The smallest absolute Gasteiger partial charge is 0.335 e. The van der Waals surface area contributed by atoms with Crippen molar-refractivity contribution < 1.29 is 14.6 Å². The van der Waals surface area contributed by atoms with Crippen LogP contribution in [0.5, 0.6) is 5.75 Å². The first-order chi connectivity index (χ1) is 9.51. The van der Waals surface area contributed by atoms with Crippen LogP contribution < -0.4 is 10.1 Å². The number of methoxy groups -OCH3 is 1. The van der Waals surface area contributed by atoms with Crippen LogP contribution in [0.2, 0.25) is 0 Å². The fraction of sp³-hybridized carbons (Fsp3) is 0.133. The topological polar surface area (TPSA) is 58.6 Å². The Morgan fingerprint density at radius 2 is 2.00 bits per heavy atom. The SMILES string of the molecule is COc1cc(Nc2ccc(C(=O)O)cc2C)ccc1Br. The monoisotopic (exact) mass is 335 g/mol. The van der Waals surface area contributed by atoms with Crippen molar-refractivity contribution in [3.8, 4) is 5.75 Å². The molecule has 0 radical (unpaired) electrons. The van der Waals surface area contributed by atoms with E-state index >= 15 is 0 Å². The van der Waals surface area contributed by atoms with Gasteiger partial charge in [0, 0.05) is 17.4 Å². The lowest BCUT2D eigenvalue weighted by molar-refractivity contribution is 0.0697. The third-order valence-electron chi connectivity index (χ3n) is 2.90. The molecule has 5 heteroatoms. The van der Waals surface area contributed by atoms with Gasteiger partial charge in [-0.05, 0) is 58.7 Å². The molecule has 2 aromatic rings. The van der Waals surface area contributed by atoms with Crippen molar-refractivity contribution in [2.24, 2.45) is 0 Å². The number of benzene rings is 2. The Morgan fingerprint density at radius 1 is 1.25 bits per heavy atom. The molecule has 0 atom stereocenters. The lowest BCUT2D eigenvalue weighted by atomic mass is 10.1. The first-order valence-electron chi connectivity index (χ1n) is 5.96. The van der Waals surface area contributed by atoms with Gasteiger partial charge < -0.3 is 15.2 Å². The highest BCUT2D eigenvalue weighted by molar-refractivity contribution is 9.10. The first-order valence-corrected chi connectivity index (χ1v) is 6.75. The summed E-state index contributed by atoms with van der Waals surface area (Å²) in [4.78, 5) is 10.9. The summed E-state index contributed by atoms with van der Waals surface area (Å²) in [7, 11) is 1.61. The minimum Gasteiger partial charge on any atom is -0.495 e. The number of hydrogen-bond donors (Lipinski definition) is 2. The molecule has 0 aliphatic heterocycles. The third kappa shape index (κ3) is 3.11. The molecule has 2 aromatic carbocycles. The molecule has 104 valence electrons. The molecule has 2 N–H and O–H groups in total. The summed E-state index contributed by atoms with van der Waals surface area (Å²) in [5, 5.41) is 12.2. The van der Waals surface area contributed by atoms with Crippen molar-refractivity contribution in [2.75, 3.05) is 12.4 Å². The van der Waals surface area contributed by atoms with Gasteiger partial charge >= 0.3 is 5.97 Å². The van der Waals surface area contributed by atoms with Crippen LogP contribution in [-0.2, 0) is 0 Å². The first kappa shape index (κ1) is 14.4. The molecule has 2 rings (SSSR count). The number of hydrogen-bond acceptors (Lipinski definition) is 3. The van der Waals surface area contributed by atoms with Gasteiger partial charge in [0.1, 0.15) is 5.75 Å². The third-order valence-corrected chi connectivity index (χ3v) is 3.56. The second-order valence-electron chi connectivity index (χ2n) is 4.31. The lowest BCUT2D eigenvalue weighted by Gasteiger charge is -2.12. The van der Waals surface area contributed by atoms with Crippen LogP contribution in [0, 0.1) is 6.92 Å². The van der Waals surface area contributed by atoms with Gasteiger partial charge in [0.25, 0.3) is 0 Å². The average Bonchev–Trinajstić information content (AvgIpc) is 2.42. The highest BCUT2D eigenvalue weighted by Crippen LogP contribution is 2.30. The molecule has 0 saturated heterocycles. The van der Waals surface area contributed by atoms with Gasteiger partial charge in [0.2, 0.25) is 0 Å². The van der Waals surface area contributed by atoms with Crippen LogP contribution in [0.1, 0.15) is 15.9 Å². The van der Waals surface area contributed by atoms with Crippen LogP contribution in [0.15, 0.2) is 40.9 Å². The molecular weight excluding hydrogens is 322 g/mol. The van der Waals surface area contributed by atoms with Crippen LogP contribution in [0.3, 0.4) is 0 Å². The zero-order valence-electron chi connectivity index (χ0n) is 11.1. The lowest BCUT2D eigenvalue weighted by Crippen LogP contribution is -1.99. The normalized spacial score (nSPS) is 10.2. The zero-order valence-corrected chi connectivity index (χ0v) is 12.7. The molecule has 0 heterocycles. The summed E-state index contributed by atoms with van der Waals surface area (Å²) < 4.78 is 6.12.